The summed E-state index contributed by atoms with van der Waals surface area (Å²) in [6, 6.07) is 0. The zero-order valence-corrected chi connectivity index (χ0v) is 9.92. The Kier molecular flexibility index (Phi) is 4.37. The van der Waals surface area contributed by atoms with Gasteiger partial charge in [0.25, 0.3) is 0 Å². The standard InChI is InChI=1S/C13H22O2/c1-4-12(14)15-9-8-13(5-2)7-6-11(3)10-13/h4,11H,1,5-10H2,2-3H3. The van der Waals surface area contributed by atoms with E-state index in [1.54, 1.807) is 0 Å². The number of esters is 1. The van der Waals surface area contributed by atoms with Crippen molar-refractivity contribution in [1.29, 1.82) is 0 Å². The molecule has 1 saturated carbocycles. The molecule has 1 aliphatic carbocycles. The van der Waals surface area contributed by atoms with Crippen LogP contribution in [0.5, 0.6) is 0 Å². The van der Waals surface area contributed by atoms with E-state index in [1.807, 2.05) is 0 Å². The highest BCUT2D eigenvalue weighted by Gasteiger charge is 2.35. The Hall–Kier alpha value is -0.790. The monoisotopic (exact) mass is 210 g/mol. The molecule has 0 radical (unpaired) electrons. The van der Waals surface area contributed by atoms with Gasteiger partial charge in [-0.25, -0.2) is 4.79 Å². The number of carbonyl (C=O) groups is 1. The Balaban J connectivity index is 2.34. The molecule has 1 fully saturated rings. The molecule has 0 heterocycles. The molecule has 2 atom stereocenters. The third-order valence-corrected chi connectivity index (χ3v) is 3.74. The van der Waals surface area contributed by atoms with Crippen LogP contribution < -0.4 is 0 Å². The summed E-state index contributed by atoms with van der Waals surface area (Å²) < 4.78 is 5.06. The van der Waals surface area contributed by atoms with E-state index in [9.17, 15) is 4.79 Å². The summed E-state index contributed by atoms with van der Waals surface area (Å²) >= 11 is 0. The predicted molar refractivity (Wildman–Crippen MR) is 61.5 cm³/mol. The zero-order chi connectivity index (χ0) is 11.3. The number of hydrogen-bond donors (Lipinski definition) is 0. The van der Waals surface area contributed by atoms with Crippen LogP contribution in [0.25, 0.3) is 0 Å². The van der Waals surface area contributed by atoms with E-state index >= 15 is 0 Å². The Labute approximate surface area is 92.7 Å². The minimum absolute atomic E-state index is 0.299. The number of ether oxygens (including phenoxy) is 1. The first-order valence-corrected chi connectivity index (χ1v) is 5.91. The van der Waals surface area contributed by atoms with Gasteiger partial charge in [0, 0.05) is 6.08 Å². The summed E-state index contributed by atoms with van der Waals surface area (Å²) in [5, 5.41) is 0. The van der Waals surface area contributed by atoms with Crippen molar-refractivity contribution < 1.29 is 9.53 Å². The maximum Gasteiger partial charge on any atom is 0.330 e. The van der Waals surface area contributed by atoms with Crippen molar-refractivity contribution in [2.75, 3.05) is 6.61 Å². The Morgan fingerprint density at radius 2 is 2.40 bits per heavy atom. The summed E-state index contributed by atoms with van der Waals surface area (Å²) in [7, 11) is 0. The Morgan fingerprint density at radius 3 is 2.87 bits per heavy atom. The van der Waals surface area contributed by atoms with Gasteiger partial charge in [0.2, 0.25) is 0 Å². The van der Waals surface area contributed by atoms with Gasteiger partial charge in [-0.15, -0.1) is 0 Å². The highest BCUT2D eigenvalue weighted by atomic mass is 16.5. The molecule has 86 valence electrons. The summed E-state index contributed by atoms with van der Waals surface area (Å²) in [5.41, 5.74) is 0.431. The van der Waals surface area contributed by atoms with Gasteiger partial charge < -0.3 is 4.74 Å². The van der Waals surface area contributed by atoms with E-state index < -0.39 is 0 Å². The average molecular weight is 210 g/mol. The van der Waals surface area contributed by atoms with Crippen LogP contribution >= 0.6 is 0 Å². The maximum absolute atomic E-state index is 10.9. The molecular weight excluding hydrogens is 188 g/mol. The first-order chi connectivity index (χ1) is 7.12. The lowest BCUT2D eigenvalue weighted by atomic mass is 9.80. The molecule has 0 N–H and O–H groups in total. The number of rotatable bonds is 5. The molecule has 1 rings (SSSR count). The molecule has 2 heteroatoms. The van der Waals surface area contributed by atoms with E-state index in [0.29, 0.717) is 12.0 Å². The highest BCUT2D eigenvalue weighted by molar-refractivity contribution is 5.81. The first-order valence-electron chi connectivity index (χ1n) is 5.91. The molecule has 0 amide bonds. The smallest absolute Gasteiger partial charge is 0.330 e. The number of hydrogen-bond acceptors (Lipinski definition) is 2. The van der Waals surface area contributed by atoms with E-state index in [4.69, 9.17) is 4.74 Å². The molecule has 2 nitrogen and oxygen atoms in total. The largest absolute Gasteiger partial charge is 0.463 e. The van der Waals surface area contributed by atoms with Crippen LogP contribution in [0.4, 0.5) is 0 Å². The first kappa shape index (κ1) is 12.3. The van der Waals surface area contributed by atoms with Crippen LogP contribution in [0.3, 0.4) is 0 Å². The molecule has 0 saturated heterocycles. The summed E-state index contributed by atoms with van der Waals surface area (Å²) in [4.78, 5) is 10.9. The van der Waals surface area contributed by atoms with Crippen molar-refractivity contribution in [2.45, 2.75) is 46.0 Å². The molecule has 0 aromatic carbocycles. The summed E-state index contributed by atoms with van der Waals surface area (Å²) in [6.07, 6.45) is 7.33. The van der Waals surface area contributed by atoms with Crippen LogP contribution in [0.15, 0.2) is 12.7 Å². The quantitative estimate of drug-likeness (QED) is 0.514. The van der Waals surface area contributed by atoms with Gasteiger partial charge in [-0.3, -0.25) is 0 Å². The lowest BCUT2D eigenvalue weighted by molar-refractivity contribution is -0.138. The van der Waals surface area contributed by atoms with Crippen molar-refractivity contribution in [3.05, 3.63) is 12.7 Å². The Bertz CT molecular complexity index is 235. The van der Waals surface area contributed by atoms with Gasteiger partial charge in [0.1, 0.15) is 0 Å². The second kappa shape index (κ2) is 5.34. The Morgan fingerprint density at radius 1 is 1.67 bits per heavy atom. The average Bonchev–Trinajstić information content (AvgIpc) is 2.61. The van der Waals surface area contributed by atoms with Crippen LogP contribution in [-0.2, 0) is 9.53 Å². The third-order valence-electron chi connectivity index (χ3n) is 3.74. The molecule has 1 aliphatic rings. The van der Waals surface area contributed by atoms with Gasteiger partial charge in [-0.05, 0) is 30.6 Å². The van der Waals surface area contributed by atoms with E-state index in [-0.39, 0.29) is 5.97 Å². The maximum atomic E-state index is 10.9. The lowest BCUT2D eigenvalue weighted by Crippen LogP contribution is -2.19. The van der Waals surface area contributed by atoms with Crippen LogP contribution in [0.1, 0.15) is 46.0 Å². The van der Waals surface area contributed by atoms with Crippen molar-refractivity contribution in [2.24, 2.45) is 11.3 Å². The fourth-order valence-corrected chi connectivity index (χ4v) is 2.65. The predicted octanol–water partition coefficient (Wildman–Crippen LogP) is 3.32. The van der Waals surface area contributed by atoms with Gasteiger partial charge >= 0.3 is 5.97 Å². The van der Waals surface area contributed by atoms with E-state index in [2.05, 4.69) is 20.4 Å². The zero-order valence-electron chi connectivity index (χ0n) is 9.92. The van der Waals surface area contributed by atoms with Gasteiger partial charge in [0.05, 0.1) is 6.61 Å². The van der Waals surface area contributed by atoms with Crippen molar-refractivity contribution in [3.63, 3.8) is 0 Å². The highest BCUT2D eigenvalue weighted by Crippen LogP contribution is 2.46. The second-order valence-corrected chi connectivity index (χ2v) is 4.82. The molecule has 15 heavy (non-hydrogen) atoms. The van der Waals surface area contributed by atoms with Crippen molar-refractivity contribution in [1.82, 2.24) is 0 Å². The minimum atomic E-state index is -0.299. The van der Waals surface area contributed by atoms with E-state index in [0.717, 1.165) is 12.3 Å². The van der Waals surface area contributed by atoms with Crippen molar-refractivity contribution >= 4 is 5.97 Å². The normalized spacial score (nSPS) is 30.1. The lowest BCUT2D eigenvalue weighted by Gasteiger charge is -2.27. The topological polar surface area (TPSA) is 26.3 Å². The molecule has 0 aromatic heterocycles. The summed E-state index contributed by atoms with van der Waals surface area (Å²) in [5.74, 6) is 0.535. The van der Waals surface area contributed by atoms with E-state index in [1.165, 1.54) is 31.8 Å². The van der Waals surface area contributed by atoms with Crippen molar-refractivity contribution in [3.8, 4) is 0 Å². The molecular formula is C13H22O2. The van der Waals surface area contributed by atoms with Crippen LogP contribution in [0, 0.1) is 11.3 Å². The minimum Gasteiger partial charge on any atom is -0.463 e. The second-order valence-electron chi connectivity index (χ2n) is 4.82. The summed E-state index contributed by atoms with van der Waals surface area (Å²) in [6.45, 7) is 8.49. The fraction of sp³-hybridized carbons (Fsp3) is 0.769. The van der Waals surface area contributed by atoms with Gasteiger partial charge in [-0.1, -0.05) is 33.3 Å². The van der Waals surface area contributed by atoms with Crippen LogP contribution in [-0.4, -0.2) is 12.6 Å². The van der Waals surface area contributed by atoms with Crippen LogP contribution in [0.2, 0.25) is 0 Å². The molecule has 0 spiro atoms. The SMILES string of the molecule is C=CC(=O)OCCC1(CC)CCC(C)C1. The van der Waals surface area contributed by atoms with Gasteiger partial charge in [-0.2, -0.15) is 0 Å². The number of carbonyl (C=O) groups excluding carboxylic acids is 1. The molecule has 0 aliphatic heterocycles. The van der Waals surface area contributed by atoms with Gasteiger partial charge in [0.15, 0.2) is 0 Å². The molecule has 0 aromatic rings. The molecule has 2 unspecified atom stereocenters. The molecule has 0 bridgehead atoms. The third kappa shape index (κ3) is 3.37. The fourth-order valence-electron chi connectivity index (χ4n) is 2.65.